The third kappa shape index (κ3) is 5.33. The summed E-state index contributed by atoms with van der Waals surface area (Å²) in [6.07, 6.45) is 5.56. The summed E-state index contributed by atoms with van der Waals surface area (Å²) in [4.78, 5) is 0. The maximum atomic E-state index is 6.23. The molecular formula is C18H29NO2. The standard InChI is InChI=1S/C18H29NO2/c1-13(2)21-16-9-7-15(8-10-16)18(19)12-20-17-6-4-5-14(3)11-17/h7-10,13-14,17-18H,4-6,11-12,19H2,1-3H3. The van der Waals surface area contributed by atoms with Crippen molar-refractivity contribution in [2.24, 2.45) is 11.7 Å². The number of hydrogen-bond donors (Lipinski definition) is 1. The molecule has 1 fully saturated rings. The predicted octanol–water partition coefficient (Wildman–Crippen LogP) is 4.07. The van der Waals surface area contributed by atoms with Crippen LogP contribution in [0.15, 0.2) is 24.3 Å². The highest BCUT2D eigenvalue weighted by Crippen LogP contribution is 2.26. The third-order valence-electron chi connectivity index (χ3n) is 4.08. The van der Waals surface area contributed by atoms with E-state index in [0.717, 1.165) is 17.2 Å². The van der Waals surface area contributed by atoms with E-state index in [2.05, 4.69) is 6.92 Å². The maximum absolute atomic E-state index is 6.23. The molecule has 3 nitrogen and oxygen atoms in total. The first-order valence-electron chi connectivity index (χ1n) is 8.18. The molecule has 1 aliphatic rings. The second kappa shape index (κ2) is 7.81. The van der Waals surface area contributed by atoms with Crippen LogP contribution < -0.4 is 10.5 Å². The Bertz CT molecular complexity index is 416. The molecule has 2 N–H and O–H groups in total. The Morgan fingerprint density at radius 3 is 2.52 bits per heavy atom. The van der Waals surface area contributed by atoms with Crippen molar-refractivity contribution in [1.29, 1.82) is 0 Å². The highest BCUT2D eigenvalue weighted by atomic mass is 16.5. The van der Waals surface area contributed by atoms with Crippen LogP contribution in [0.5, 0.6) is 5.75 Å². The van der Waals surface area contributed by atoms with Gasteiger partial charge in [-0.3, -0.25) is 0 Å². The molecule has 2 rings (SSSR count). The Kier molecular flexibility index (Phi) is 6.07. The van der Waals surface area contributed by atoms with E-state index >= 15 is 0 Å². The Morgan fingerprint density at radius 2 is 1.90 bits per heavy atom. The van der Waals surface area contributed by atoms with Crippen LogP contribution in [-0.4, -0.2) is 18.8 Å². The highest BCUT2D eigenvalue weighted by Gasteiger charge is 2.20. The van der Waals surface area contributed by atoms with Crippen molar-refractivity contribution in [3.05, 3.63) is 29.8 Å². The summed E-state index contributed by atoms with van der Waals surface area (Å²) in [5, 5.41) is 0. The van der Waals surface area contributed by atoms with Crippen LogP contribution in [0, 0.1) is 5.92 Å². The smallest absolute Gasteiger partial charge is 0.119 e. The summed E-state index contributed by atoms with van der Waals surface area (Å²) >= 11 is 0. The van der Waals surface area contributed by atoms with E-state index in [1.807, 2.05) is 38.1 Å². The summed E-state index contributed by atoms with van der Waals surface area (Å²) in [5.74, 6) is 1.68. The lowest BCUT2D eigenvalue weighted by Gasteiger charge is -2.28. The van der Waals surface area contributed by atoms with E-state index < -0.39 is 0 Å². The first-order valence-corrected chi connectivity index (χ1v) is 8.18. The first-order chi connectivity index (χ1) is 10.0. The molecule has 0 saturated heterocycles. The van der Waals surface area contributed by atoms with Gasteiger partial charge < -0.3 is 15.2 Å². The van der Waals surface area contributed by atoms with Crippen LogP contribution in [0.25, 0.3) is 0 Å². The van der Waals surface area contributed by atoms with Gasteiger partial charge in [-0.05, 0) is 50.3 Å². The van der Waals surface area contributed by atoms with E-state index in [0.29, 0.717) is 12.7 Å². The molecule has 3 atom stereocenters. The minimum Gasteiger partial charge on any atom is -0.491 e. The van der Waals surface area contributed by atoms with E-state index in [9.17, 15) is 0 Å². The molecule has 1 aromatic carbocycles. The van der Waals surface area contributed by atoms with Crippen LogP contribution in [-0.2, 0) is 4.74 Å². The molecule has 21 heavy (non-hydrogen) atoms. The van der Waals surface area contributed by atoms with E-state index in [4.69, 9.17) is 15.2 Å². The minimum absolute atomic E-state index is 0.0599. The van der Waals surface area contributed by atoms with Crippen molar-refractivity contribution in [3.63, 3.8) is 0 Å². The Balaban J connectivity index is 1.81. The van der Waals surface area contributed by atoms with Crippen LogP contribution >= 0.6 is 0 Å². The summed E-state index contributed by atoms with van der Waals surface area (Å²) in [6.45, 7) is 6.96. The second-order valence-electron chi connectivity index (χ2n) is 6.57. The number of nitrogens with two attached hydrogens (primary N) is 1. The average molecular weight is 291 g/mol. The van der Waals surface area contributed by atoms with Gasteiger partial charge in [0.15, 0.2) is 0 Å². The fourth-order valence-corrected chi connectivity index (χ4v) is 2.93. The van der Waals surface area contributed by atoms with Crippen molar-refractivity contribution in [2.45, 2.75) is 64.7 Å². The quantitative estimate of drug-likeness (QED) is 0.859. The molecule has 0 amide bonds. The monoisotopic (exact) mass is 291 g/mol. The lowest BCUT2D eigenvalue weighted by atomic mass is 9.89. The number of benzene rings is 1. The van der Waals surface area contributed by atoms with Crippen molar-refractivity contribution < 1.29 is 9.47 Å². The topological polar surface area (TPSA) is 44.5 Å². The van der Waals surface area contributed by atoms with Gasteiger partial charge in [0.25, 0.3) is 0 Å². The van der Waals surface area contributed by atoms with Gasteiger partial charge in [0, 0.05) is 0 Å². The van der Waals surface area contributed by atoms with E-state index in [1.54, 1.807) is 0 Å². The molecule has 0 spiro atoms. The van der Waals surface area contributed by atoms with Gasteiger partial charge in [-0.1, -0.05) is 31.9 Å². The van der Waals surface area contributed by atoms with E-state index in [1.165, 1.54) is 25.7 Å². The molecular weight excluding hydrogens is 262 g/mol. The van der Waals surface area contributed by atoms with Crippen molar-refractivity contribution in [2.75, 3.05) is 6.61 Å². The summed E-state index contributed by atoms with van der Waals surface area (Å²) in [6, 6.07) is 7.98. The largest absolute Gasteiger partial charge is 0.491 e. The molecule has 118 valence electrons. The normalized spacial score (nSPS) is 24.0. The zero-order chi connectivity index (χ0) is 15.2. The molecule has 0 aliphatic heterocycles. The van der Waals surface area contributed by atoms with Gasteiger partial charge in [-0.2, -0.15) is 0 Å². The van der Waals surface area contributed by atoms with Crippen LogP contribution in [0.2, 0.25) is 0 Å². The molecule has 0 bridgehead atoms. The molecule has 3 unspecified atom stereocenters. The fourth-order valence-electron chi connectivity index (χ4n) is 2.93. The second-order valence-corrected chi connectivity index (χ2v) is 6.57. The summed E-state index contributed by atoms with van der Waals surface area (Å²) < 4.78 is 11.7. The van der Waals surface area contributed by atoms with Crippen LogP contribution in [0.1, 0.15) is 58.1 Å². The SMILES string of the molecule is CC1CCCC(OCC(N)c2ccc(OC(C)C)cc2)C1. The molecule has 0 radical (unpaired) electrons. The van der Waals surface area contributed by atoms with Crippen molar-refractivity contribution >= 4 is 0 Å². The van der Waals surface area contributed by atoms with Gasteiger partial charge in [0.05, 0.1) is 24.9 Å². The molecule has 1 saturated carbocycles. The van der Waals surface area contributed by atoms with Gasteiger partial charge in [0.2, 0.25) is 0 Å². The number of rotatable bonds is 6. The minimum atomic E-state index is -0.0599. The summed E-state index contributed by atoms with van der Waals surface area (Å²) in [7, 11) is 0. The van der Waals surface area contributed by atoms with Gasteiger partial charge >= 0.3 is 0 Å². The maximum Gasteiger partial charge on any atom is 0.119 e. The van der Waals surface area contributed by atoms with Gasteiger partial charge in [-0.25, -0.2) is 0 Å². The molecule has 3 heteroatoms. The number of hydrogen-bond acceptors (Lipinski definition) is 3. The van der Waals surface area contributed by atoms with Crippen molar-refractivity contribution in [1.82, 2.24) is 0 Å². The molecule has 0 aromatic heterocycles. The molecule has 1 aromatic rings. The Labute approximate surface area is 128 Å². The molecule has 0 heterocycles. The Morgan fingerprint density at radius 1 is 1.19 bits per heavy atom. The fraction of sp³-hybridized carbons (Fsp3) is 0.667. The highest BCUT2D eigenvalue weighted by molar-refractivity contribution is 5.29. The Hall–Kier alpha value is -1.06. The summed E-state index contributed by atoms with van der Waals surface area (Å²) in [5.41, 5.74) is 7.34. The van der Waals surface area contributed by atoms with Crippen molar-refractivity contribution in [3.8, 4) is 5.75 Å². The number of ether oxygens (including phenoxy) is 2. The van der Waals surface area contributed by atoms with Crippen LogP contribution in [0.4, 0.5) is 0 Å². The third-order valence-corrected chi connectivity index (χ3v) is 4.08. The first kappa shape index (κ1) is 16.3. The average Bonchev–Trinajstić information content (AvgIpc) is 2.45. The predicted molar refractivity (Wildman–Crippen MR) is 86.5 cm³/mol. The van der Waals surface area contributed by atoms with E-state index in [-0.39, 0.29) is 12.1 Å². The van der Waals surface area contributed by atoms with Gasteiger partial charge in [0.1, 0.15) is 5.75 Å². The van der Waals surface area contributed by atoms with Gasteiger partial charge in [-0.15, -0.1) is 0 Å². The van der Waals surface area contributed by atoms with Crippen LogP contribution in [0.3, 0.4) is 0 Å². The lowest BCUT2D eigenvalue weighted by molar-refractivity contribution is 0.00851. The zero-order valence-electron chi connectivity index (χ0n) is 13.5. The zero-order valence-corrected chi connectivity index (χ0v) is 13.5. The lowest BCUT2D eigenvalue weighted by Crippen LogP contribution is -2.26. The molecule has 1 aliphatic carbocycles.